The van der Waals surface area contributed by atoms with Crippen molar-refractivity contribution in [3.8, 4) is 11.5 Å². The van der Waals surface area contributed by atoms with Crippen molar-refractivity contribution in [2.24, 2.45) is 0 Å². The third-order valence-corrected chi connectivity index (χ3v) is 3.51. The first-order valence-electron chi connectivity index (χ1n) is 7.93. The molecule has 0 saturated heterocycles. The fourth-order valence-corrected chi connectivity index (χ4v) is 2.20. The van der Waals surface area contributed by atoms with Crippen LogP contribution >= 0.6 is 0 Å². The second-order valence-corrected chi connectivity index (χ2v) is 5.36. The number of benzene rings is 1. The van der Waals surface area contributed by atoms with E-state index in [0.29, 0.717) is 17.3 Å². The molecule has 0 radical (unpaired) electrons. The van der Waals surface area contributed by atoms with E-state index >= 15 is 0 Å². The standard InChI is InChI=1S/C19H21NO6/c1-13(15-5-4-10-25-15)20-18(21)12-26-19(22)9-7-14-6-8-16(23-2)17(11-14)24-3/h4-11,13H,12H2,1-3H3,(H,20,21)/b9-7+/t13-/m1/s1. The molecule has 26 heavy (non-hydrogen) atoms. The van der Waals surface area contributed by atoms with E-state index in [2.05, 4.69) is 5.32 Å². The number of carbonyl (C=O) groups excluding carboxylic acids is 2. The van der Waals surface area contributed by atoms with Gasteiger partial charge in [0, 0.05) is 6.08 Å². The topological polar surface area (TPSA) is 87.0 Å². The largest absolute Gasteiger partial charge is 0.493 e. The van der Waals surface area contributed by atoms with Gasteiger partial charge in [0.05, 0.1) is 26.5 Å². The second kappa shape index (κ2) is 9.31. The third kappa shape index (κ3) is 5.41. The van der Waals surface area contributed by atoms with Crippen molar-refractivity contribution in [3.63, 3.8) is 0 Å². The average Bonchev–Trinajstić information content (AvgIpc) is 3.19. The molecule has 0 aliphatic rings. The van der Waals surface area contributed by atoms with Gasteiger partial charge in [-0.05, 0) is 42.8 Å². The number of ether oxygens (including phenoxy) is 3. The zero-order chi connectivity index (χ0) is 18.9. The smallest absolute Gasteiger partial charge is 0.331 e. The SMILES string of the molecule is COc1ccc(/C=C/C(=O)OCC(=O)N[C@H](C)c2ccco2)cc1OC. The molecule has 0 saturated carbocycles. The van der Waals surface area contributed by atoms with Crippen molar-refractivity contribution in [2.75, 3.05) is 20.8 Å². The summed E-state index contributed by atoms with van der Waals surface area (Å²) in [5.41, 5.74) is 0.732. The molecule has 1 heterocycles. The van der Waals surface area contributed by atoms with Crippen LogP contribution < -0.4 is 14.8 Å². The van der Waals surface area contributed by atoms with Gasteiger partial charge in [-0.1, -0.05) is 6.07 Å². The van der Waals surface area contributed by atoms with Crippen LogP contribution in [0.1, 0.15) is 24.3 Å². The lowest BCUT2D eigenvalue weighted by molar-refractivity contribution is -0.144. The van der Waals surface area contributed by atoms with Gasteiger partial charge in [0.15, 0.2) is 18.1 Å². The zero-order valence-corrected chi connectivity index (χ0v) is 14.9. The molecule has 0 spiro atoms. The summed E-state index contributed by atoms with van der Waals surface area (Å²) in [6.07, 6.45) is 4.33. The van der Waals surface area contributed by atoms with Crippen LogP contribution in [0.15, 0.2) is 47.1 Å². The molecule has 0 aliphatic carbocycles. The van der Waals surface area contributed by atoms with Gasteiger partial charge >= 0.3 is 5.97 Å². The molecule has 0 bridgehead atoms. The van der Waals surface area contributed by atoms with Crippen LogP contribution in [0.25, 0.3) is 6.08 Å². The summed E-state index contributed by atoms with van der Waals surface area (Å²) in [5.74, 6) is 0.726. The molecule has 7 nitrogen and oxygen atoms in total. The van der Waals surface area contributed by atoms with Gasteiger partial charge in [-0.25, -0.2) is 4.79 Å². The van der Waals surface area contributed by atoms with E-state index in [0.717, 1.165) is 5.56 Å². The summed E-state index contributed by atoms with van der Waals surface area (Å²) in [6.45, 7) is 1.40. The number of carbonyl (C=O) groups is 2. The Kier molecular flexibility index (Phi) is 6.84. The van der Waals surface area contributed by atoms with Crippen LogP contribution in [0.4, 0.5) is 0 Å². The normalized spacial score (nSPS) is 11.8. The number of rotatable bonds is 8. The minimum absolute atomic E-state index is 0.307. The van der Waals surface area contributed by atoms with Crippen molar-refractivity contribution >= 4 is 18.0 Å². The Morgan fingerprint density at radius 3 is 2.62 bits per heavy atom. The predicted molar refractivity (Wildman–Crippen MR) is 94.8 cm³/mol. The molecule has 2 rings (SSSR count). The minimum Gasteiger partial charge on any atom is -0.493 e. The van der Waals surface area contributed by atoms with Crippen LogP contribution in [0.2, 0.25) is 0 Å². The fraction of sp³-hybridized carbons (Fsp3) is 0.263. The van der Waals surface area contributed by atoms with E-state index in [1.807, 2.05) is 0 Å². The molecular formula is C19H21NO6. The minimum atomic E-state index is -0.624. The molecule has 7 heteroatoms. The Balaban J connectivity index is 1.82. The van der Waals surface area contributed by atoms with Crippen molar-refractivity contribution < 1.29 is 28.2 Å². The molecule has 1 N–H and O–H groups in total. The third-order valence-electron chi connectivity index (χ3n) is 3.51. The van der Waals surface area contributed by atoms with E-state index in [4.69, 9.17) is 18.6 Å². The lowest BCUT2D eigenvalue weighted by atomic mass is 10.2. The number of nitrogens with one attached hydrogen (secondary N) is 1. The molecular weight excluding hydrogens is 338 g/mol. The predicted octanol–water partition coefficient (Wildman–Crippen LogP) is 2.73. The maximum absolute atomic E-state index is 11.8. The van der Waals surface area contributed by atoms with Gasteiger partial charge in [-0.3, -0.25) is 4.79 Å². The number of hydrogen-bond donors (Lipinski definition) is 1. The molecule has 1 atom stereocenters. The highest BCUT2D eigenvalue weighted by Crippen LogP contribution is 2.27. The summed E-state index contributed by atoms with van der Waals surface area (Å²) < 4.78 is 20.5. The summed E-state index contributed by atoms with van der Waals surface area (Å²) in [5, 5.41) is 2.67. The lowest BCUT2D eigenvalue weighted by Gasteiger charge is -2.11. The number of methoxy groups -OCH3 is 2. The molecule has 138 valence electrons. The first kappa shape index (κ1) is 19.1. The highest BCUT2D eigenvalue weighted by Gasteiger charge is 2.12. The summed E-state index contributed by atoms with van der Waals surface area (Å²) >= 11 is 0. The number of amides is 1. The maximum Gasteiger partial charge on any atom is 0.331 e. The Morgan fingerprint density at radius 1 is 1.19 bits per heavy atom. The van der Waals surface area contributed by atoms with Crippen molar-refractivity contribution in [2.45, 2.75) is 13.0 Å². The Labute approximate surface area is 151 Å². The monoisotopic (exact) mass is 359 g/mol. The van der Waals surface area contributed by atoms with Crippen molar-refractivity contribution in [3.05, 3.63) is 54.0 Å². The fourth-order valence-electron chi connectivity index (χ4n) is 2.20. The van der Waals surface area contributed by atoms with E-state index in [-0.39, 0.29) is 12.6 Å². The zero-order valence-electron chi connectivity index (χ0n) is 14.9. The number of hydrogen-bond acceptors (Lipinski definition) is 6. The van der Waals surface area contributed by atoms with E-state index in [1.54, 1.807) is 50.4 Å². The van der Waals surface area contributed by atoms with Crippen LogP contribution in [-0.2, 0) is 14.3 Å². The van der Waals surface area contributed by atoms with Gasteiger partial charge in [0.1, 0.15) is 5.76 Å². The molecule has 0 fully saturated rings. The highest BCUT2D eigenvalue weighted by atomic mass is 16.5. The van der Waals surface area contributed by atoms with Gasteiger partial charge in [0.25, 0.3) is 5.91 Å². The Morgan fingerprint density at radius 2 is 1.96 bits per heavy atom. The molecule has 1 amide bonds. The van der Waals surface area contributed by atoms with Crippen LogP contribution in [-0.4, -0.2) is 32.7 Å². The van der Waals surface area contributed by atoms with Gasteiger partial charge in [-0.15, -0.1) is 0 Å². The molecule has 1 aromatic carbocycles. The van der Waals surface area contributed by atoms with Crippen molar-refractivity contribution in [1.82, 2.24) is 5.32 Å². The number of esters is 1. The van der Waals surface area contributed by atoms with E-state index in [1.165, 1.54) is 19.4 Å². The van der Waals surface area contributed by atoms with Gasteiger partial charge in [0.2, 0.25) is 0 Å². The molecule has 0 aliphatic heterocycles. The summed E-state index contributed by atoms with van der Waals surface area (Å²) in [4.78, 5) is 23.5. The van der Waals surface area contributed by atoms with Crippen LogP contribution in [0.3, 0.4) is 0 Å². The van der Waals surface area contributed by atoms with Crippen LogP contribution in [0, 0.1) is 0 Å². The maximum atomic E-state index is 11.8. The van der Waals surface area contributed by atoms with E-state index < -0.39 is 11.9 Å². The lowest BCUT2D eigenvalue weighted by Crippen LogP contribution is -2.30. The molecule has 0 unspecified atom stereocenters. The second-order valence-electron chi connectivity index (χ2n) is 5.36. The van der Waals surface area contributed by atoms with Crippen LogP contribution in [0.5, 0.6) is 11.5 Å². The van der Waals surface area contributed by atoms with Gasteiger partial charge in [-0.2, -0.15) is 0 Å². The summed E-state index contributed by atoms with van der Waals surface area (Å²) in [7, 11) is 3.07. The first-order chi connectivity index (χ1) is 12.5. The highest BCUT2D eigenvalue weighted by molar-refractivity contribution is 5.89. The Hall–Kier alpha value is -3.22. The molecule has 1 aromatic heterocycles. The Bertz CT molecular complexity index is 766. The average molecular weight is 359 g/mol. The van der Waals surface area contributed by atoms with Crippen molar-refractivity contribution in [1.29, 1.82) is 0 Å². The summed E-state index contributed by atoms with van der Waals surface area (Å²) in [6, 6.07) is 8.40. The quantitative estimate of drug-likeness (QED) is 0.576. The van der Waals surface area contributed by atoms with Gasteiger partial charge < -0.3 is 23.9 Å². The molecule has 2 aromatic rings. The van der Waals surface area contributed by atoms with E-state index in [9.17, 15) is 9.59 Å². The number of furan rings is 1. The first-order valence-corrected chi connectivity index (χ1v) is 7.93.